The van der Waals surface area contributed by atoms with Gasteiger partial charge in [0.2, 0.25) is 0 Å². The van der Waals surface area contributed by atoms with Crippen molar-refractivity contribution in [3.05, 3.63) is 16.1 Å². The highest BCUT2D eigenvalue weighted by Crippen LogP contribution is 2.40. The lowest BCUT2D eigenvalue weighted by Gasteiger charge is -2.56. The van der Waals surface area contributed by atoms with E-state index in [0.717, 1.165) is 51.1 Å². The molecule has 5 nitrogen and oxygen atoms in total. The van der Waals surface area contributed by atoms with E-state index in [1.165, 1.54) is 5.01 Å². The second-order valence-electron chi connectivity index (χ2n) is 9.80. The first-order valence-corrected chi connectivity index (χ1v) is 10.5. The predicted molar refractivity (Wildman–Crippen MR) is 106 cm³/mol. The Balaban J connectivity index is 1.64. The highest BCUT2D eigenvalue weighted by Gasteiger charge is 2.48. The molecule has 6 heteroatoms. The molecule has 2 fully saturated rings. The highest BCUT2D eigenvalue weighted by molar-refractivity contribution is 7.09. The van der Waals surface area contributed by atoms with Gasteiger partial charge in [0, 0.05) is 42.5 Å². The van der Waals surface area contributed by atoms with Gasteiger partial charge < -0.3 is 9.64 Å². The zero-order valence-corrected chi connectivity index (χ0v) is 17.9. The number of hydrogen-bond acceptors (Lipinski definition) is 5. The number of piperidine rings is 1. The highest BCUT2D eigenvalue weighted by atomic mass is 32.1. The van der Waals surface area contributed by atoms with Gasteiger partial charge in [0.25, 0.3) is 0 Å². The van der Waals surface area contributed by atoms with E-state index < -0.39 is 5.60 Å². The van der Waals surface area contributed by atoms with Gasteiger partial charge >= 0.3 is 6.09 Å². The smallest absolute Gasteiger partial charge is 0.410 e. The number of carbonyl (C=O) groups excluding carboxylic acids is 1. The molecule has 2 saturated heterocycles. The van der Waals surface area contributed by atoms with Crippen molar-refractivity contribution in [2.75, 3.05) is 19.6 Å². The second kappa shape index (κ2) is 6.79. The fraction of sp³-hybridized carbons (Fsp3) is 0.800. The lowest BCUT2D eigenvalue weighted by molar-refractivity contribution is -0.0749. The monoisotopic (exact) mass is 379 g/mol. The van der Waals surface area contributed by atoms with Crippen LogP contribution >= 0.6 is 11.3 Å². The third-order valence-corrected chi connectivity index (χ3v) is 6.59. The summed E-state index contributed by atoms with van der Waals surface area (Å²) in [7, 11) is 0. The molecule has 0 bridgehead atoms. The third-order valence-electron chi connectivity index (χ3n) is 5.27. The largest absolute Gasteiger partial charge is 0.444 e. The van der Waals surface area contributed by atoms with Gasteiger partial charge in [0.15, 0.2) is 0 Å². The van der Waals surface area contributed by atoms with Crippen LogP contribution in [-0.2, 0) is 16.7 Å². The number of carbonyl (C=O) groups is 1. The SMILES string of the molecule is CC(C)(C)OC(=O)N1CCC[C@]2(CCN2Cc2csc(C(C)(C)C)n2)C1. The van der Waals surface area contributed by atoms with E-state index in [2.05, 4.69) is 31.1 Å². The molecule has 1 atom stereocenters. The number of ether oxygens (including phenoxy) is 1. The van der Waals surface area contributed by atoms with Crippen LogP contribution in [0, 0.1) is 0 Å². The van der Waals surface area contributed by atoms with Gasteiger partial charge in [-0.3, -0.25) is 4.90 Å². The standard InChI is InChI=1S/C20H33N3O2S/c1-18(2,3)16-21-15(13-26-16)12-23-11-9-20(23)8-7-10-22(14-20)17(24)25-19(4,5)6/h13H,7-12,14H2,1-6H3/t20-/m0/s1. The molecular weight excluding hydrogens is 346 g/mol. The molecule has 3 rings (SSSR count). The topological polar surface area (TPSA) is 45.7 Å². The van der Waals surface area contributed by atoms with E-state index in [4.69, 9.17) is 9.72 Å². The molecular formula is C20H33N3O2S. The minimum atomic E-state index is -0.440. The average Bonchev–Trinajstić information content (AvgIpc) is 2.99. The van der Waals surface area contributed by atoms with Crippen molar-refractivity contribution in [3.63, 3.8) is 0 Å². The summed E-state index contributed by atoms with van der Waals surface area (Å²) in [4.78, 5) is 21.8. The summed E-state index contributed by atoms with van der Waals surface area (Å²) in [6.45, 7) is 16.0. The van der Waals surface area contributed by atoms with Crippen molar-refractivity contribution < 1.29 is 9.53 Å². The third kappa shape index (κ3) is 4.22. The minimum Gasteiger partial charge on any atom is -0.444 e. The summed E-state index contributed by atoms with van der Waals surface area (Å²) in [6.07, 6.45) is 3.18. The Morgan fingerprint density at radius 1 is 1.23 bits per heavy atom. The molecule has 0 radical (unpaired) electrons. The summed E-state index contributed by atoms with van der Waals surface area (Å²) in [6, 6.07) is 0. The molecule has 2 aliphatic rings. The van der Waals surface area contributed by atoms with E-state index in [1.807, 2.05) is 25.7 Å². The molecule has 26 heavy (non-hydrogen) atoms. The van der Waals surface area contributed by atoms with Crippen molar-refractivity contribution in [2.45, 2.75) is 83.9 Å². The number of amides is 1. The maximum absolute atomic E-state index is 12.5. The molecule has 0 saturated carbocycles. The molecule has 1 aromatic heterocycles. The first kappa shape index (κ1) is 19.6. The van der Waals surface area contributed by atoms with Gasteiger partial charge in [-0.2, -0.15) is 0 Å². The van der Waals surface area contributed by atoms with Gasteiger partial charge in [-0.25, -0.2) is 9.78 Å². The molecule has 2 aliphatic heterocycles. The number of aromatic nitrogens is 1. The first-order chi connectivity index (χ1) is 12.0. The van der Waals surface area contributed by atoms with Crippen molar-refractivity contribution in [1.82, 2.24) is 14.8 Å². The van der Waals surface area contributed by atoms with E-state index in [0.29, 0.717) is 0 Å². The molecule has 1 aromatic rings. The van der Waals surface area contributed by atoms with Crippen molar-refractivity contribution in [1.29, 1.82) is 0 Å². The summed E-state index contributed by atoms with van der Waals surface area (Å²) < 4.78 is 5.59. The van der Waals surface area contributed by atoms with Crippen LogP contribution in [0.2, 0.25) is 0 Å². The van der Waals surface area contributed by atoms with Crippen LogP contribution < -0.4 is 0 Å². The van der Waals surface area contributed by atoms with Crippen LogP contribution in [0.25, 0.3) is 0 Å². The second-order valence-corrected chi connectivity index (χ2v) is 10.7. The Morgan fingerprint density at radius 2 is 1.96 bits per heavy atom. The predicted octanol–water partition coefficient (Wildman–Crippen LogP) is 4.42. The van der Waals surface area contributed by atoms with Crippen LogP contribution in [0.4, 0.5) is 4.79 Å². The molecule has 0 aromatic carbocycles. The first-order valence-electron chi connectivity index (χ1n) is 9.66. The Labute approximate surface area is 161 Å². The maximum Gasteiger partial charge on any atom is 0.410 e. The molecule has 0 N–H and O–H groups in total. The number of thiazole rings is 1. The average molecular weight is 380 g/mol. The van der Waals surface area contributed by atoms with Crippen molar-refractivity contribution in [2.24, 2.45) is 0 Å². The Hall–Kier alpha value is -1.14. The zero-order chi connectivity index (χ0) is 19.2. The number of nitrogens with zero attached hydrogens (tertiary/aromatic N) is 3. The minimum absolute atomic E-state index is 0.105. The maximum atomic E-state index is 12.5. The quantitative estimate of drug-likeness (QED) is 0.763. The van der Waals surface area contributed by atoms with Crippen LogP contribution in [0.3, 0.4) is 0 Å². The summed E-state index contributed by atoms with van der Waals surface area (Å²) in [5, 5.41) is 3.39. The van der Waals surface area contributed by atoms with Gasteiger partial charge in [0.05, 0.1) is 10.7 Å². The van der Waals surface area contributed by atoms with Gasteiger partial charge in [-0.1, -0.05) is 20.8 Å². The van der Waals surface area contributed by atoms with Crippen LogP contribution in [0.15, 0.2) is 5.38 Å². The lowest BCUT2D eigenvalue weighted by Crippen LogP contribution is -2.67. The Bertz CT molecular complexity index is 659. The van der Waals surface area contributed by atoms with E-state index in [-0.39, 0.29) is 17.0 Å². The Kier molecular flexibility index (Phi) is 5.12. The summed E-state index contributed by atoms with van der Waals surface area (Å²) >= 11 is 1.76. The molecule has 1 spiro atoms. The molecule has 3 heterocycles. The van der Waals surface area contributed by atoms with Crippen molar-refractivity contribution in [3.8, 4) is 0 Å². The van der Waals surface area contributed by atoms with E-state index in [9.17, 15) is 4.79 Å². The molecule has 1 amide bonds. The number of rotatable bonds is 2. The van der Waals surface area contributed by atoms with E-state index >= 15 is 0 Å². The van der Waals surface area contributed by atoms with Gasteiger partial charge in [-0.15, -0.1) is 11.3 Å². The van der Waals surface area contributed by atoms with E-state index in [1.54, 1.807) is 11.3 Å². The Morgan fingerprint density at radius 3 is 2.50 bits per heavy atom. The molecule has 0 aliphatic carbocycles. The molecule has 0 unspecified atom stereocenters. The fourth-order valence-electron chi connectivity index (χ4n) is 3.81. The number of hydrogen-bond donors (Lipinski definition) is 0. The van der Waals surface area contributed by atoms with Gasteiger partial charge in [-0.05, 0) is 40.0 Å². The summed E-state index contributed by atoms with van der Waals surface area (Å²) in [5.74, 6) is 0. The van der Waals surface area contributed by atoms with Crippen LogP contribution in [-0.4, -0.2) is 51.7 Å². The zero-order valence-electron chi connectivity index (χ0n) is 17.1. The fourth-order valence-corrected chi connectivity index (χ4v) is 4.71. The van der Waals surface area contributed by atoms with Gasteiger partial charge in [0.1, 0.15) is 5.60 Å². The lowest BCUT2D eigenvalue weighted by atomic mass is 9.77. The normalized spacial score (nSPS) is 24.6. The van der Waals surface area contributed by atoms with Crippen molar-refractivity contribution >= 4 is 17.4 Å². The molecule has 146 valence electrons. The summed E-state index contributed by atoms with van der Waals surface area (Å²) in [5.41, 5.74) is 0.938. The van der Waals surface area contributed by atoms with Crippen LogP contribution in [0.1, 0.15) is 71.5 Å². The number of likely N-dealkylation sites (tertiary alicyclic amines) is 2. The van der Waals surface area contributed by atoms with Crippen LogP contribution in [0.5, 0.6) is 0 Å².